The molecule has 3 N–H and O–H groups in total. The van der Waals surface area contributed by atoms with Crippen molar-refractivity contribution in [3.63, 3.8) is 0 Å². The SMILES string of the molecule is Cc1ccc(NC(=O)c2cccc(C(F)(F)F)c2)cc1Nc1ncncc1-c1cc(=S)nc[nH]1. The molecule has 0 saturated heterocycles. The standard InChI is InChI=1S/C23H17F3N6OS/c1-13-5-6-16(31-22(33)14-3-2-4-15(7-14)23(24,25)26)8-18(13)32-21-17(10-27-11-30-21)19-9-20(34)29-12-28-19/h2-12H,1H3,(H,31,33)(H,27,30,32)(H,28,29,34). The predicted molar refractivity (Wildman–Crippen MR) is 124 cm³/mol. The van der Waals surface area contributed by atoms with Gasteiger partial charge in [0.1, 0.15) is 16.8 Å². The number of carbonyl (C=O) groups is 1. The maximum Gasteiger partial charge on any atom is 0.416 e. The van der Waals surface area contributed by atoms with E-state index in [0.717, 1.165) is 17.7 Å². The molecule has 2 aromatic heterocycles. The lowest BCUT2D eigenvalue weighted by Gasteiger charge is -2.14. The Balaban J connectivity index is 1.60. The molecule has 0 atom stereocenters. The van der Waals surface area contributed by atoms with Crippen LogP contribution in [0.2, 0.25) is 0 Å². The van der Waals surface area contributed by atoms with Gasteiger partial charge >= 0.3 is 6.18 Å². The lowest BCUT2D eigenvalue weighted by atomic mass is 10.1. The summed E-state index contributed by atoms with van der Waals surface area (Å²) in [4.78, 5) is 27.9. The third kappa shape index (κ3) is 5.26. The summed E-state index contributed by atoms with van der Waals surface area (Å²) in [7, 11) is 0. The van der Waals surface area contributed by atoms with E-state index >= 15 is 0 Å². The number of nitrogens with zero attached hydrogens (tertiary/aromatic N) is 3. The molecule has 2 heterocycles. The van der Waals surface area contributed by atoms with Crippen molar-refractivity contribution in [2.45, 2.75) is 13.1 Å². The van der Waals surface area contributed by atoms with Gasteiger partial charge in [-0.3, -0.25) is 4.79 Å². The first-order chi connectivity index (χ1) is 16.2. The van der Waals surface area contributed by atoms with Crippen molar-refractivity contribution < 1.29 is 18.0 Å². The van der Waals surface area contributed by atoms with Crippen LogP contribution in [0.4, 0.5) is 30.4 Å². The van der Waals surface area contributed by atoms with Crippen molar-refractivity contribution in [1.82, 2.24) is 19.9 Å². The first kappa shape index (κ1) is 23.1. The van der Waals surface area contributed by atoms with E-state index in [1.54, 1.807) is 30.5 Å². The van der Waals surface area contributed by atoms with Crippen molar-refractivity contribution >= 4 is 35.3 Å². The summed E-state index contributed by atoms with van der Waals surface area (Å²) in [5.41, 5.74) is 2.20. The molecule has 0 aliphatic rings. The van der Waals surface area contributed by atoms with E-state index in [-0.39, 0.29) is 5.56 Å². The van der Waals surface area contributed by atoms with E-state index < -0.39 is 17.6 Å². The Morgan fingerprint density at radius 3 is 2.68 bits per heavy atom. The molecule has 4 aromatic rings. The van der Waals surface area contributed by atoms with Gasteiger partial charge in [0.15, 0.2) is 0 Å². The van der Waals surface area contributed by atoms with Crippen LogP contribution in [-0.2, 0) is 6.18 Å². The van der Waals surface area contributed by atoms with Crippen molar-refractivity contribution in [3.8, 4) is 11.3 Å². The van der Waals surface area contributed by atoms with Crippen LogP contribution in [0.3, 0.4) is 0 Å². The molecule has 4 rings (SSSR count). The minimum Gasteiger partial charge on any atom is -0.346 e. The number of carbonyl (C=O) groups excluding carboxylic acids is 1. The Morgan fingerprint density at radius 2 is 1.91 bits per heavy atom. The number of hydrogen-bond donors (Lipinski definition) is 3. The summed E-state index contributed by atoms with van der Waals surface area (Å²) in [6.45, 7) is 1.86. The largest absolute Gasteiger partial charge is 0.416 e. The second kappa shape index (κ2) is 9.40. The highest BCUT2D eigenvalue weighted by Crippen LogP contribution is 2.31. The molecule has 172 valence electrons. The molecular formula is C23H17F3N6OS. The van der Waals surface area contributed by atoms with E-state index in [4.69, 9.17) is 12.2 Å². The Labute approximate surface area is 197 Å². The number of aromatic amines is 1. The number of anilines is 3. The average molecular weight is 482 g/mol. The lowest BCUT2D eigenvalue weighted by molar-refractivity contribution is -0.137. The number of aryl methyl sites for hydroxylation is 1. The topological polar surface area (TPSA) is 95.6 Å². The highest BCUT2D eigenvalue weighted by atomic mass is 32.1. The highest BCUT2D eigenvalue weighted by molar-refractivity contribution is 7.71. The maximum atomic E-state index is 13.0. The molecule has 2 aromatic carbocycles. The van der Waals surface area contributed by atoms with Gasteiger partial charge in [-0.15, -0.1) is 0 Å². The molecule has 7 nitrogen and oxygen atoms in total. The normalized spacial score (nSPS) is 11.2. The van der Waals surface area contributed by atoms with Gasteiger partial charge in [0.05, 0.1) is 23.1 Å². The summed E-state index contributed by atoms with van der Waals surface area (Å²) in [5, 5.41) is 5.85. The molecule has 0 aliphatic carbocycles. The fraction of sp³-hybridized carbons (Fsp3) is 0.0870. The Hall–Kier alpha value is -4.12. The Kier molecular flexibility index (Phi) is 6.37. The van der Waals surface area contributed by atoms with E-state index in [1.807, 2.05) is 6.92 Å². The van der Waals surface area contributed by atoms with Crippen LogP contribution >= 0.6 is 12.2 Å². The smallest absolute Gasteiger partial charge is 0.346 e. The molecule has 0 bridgehead atoms. The van der Waals surface area contributed by atoms with Gasteiger partial charge in [-0.05, 0) is 48.9 Å². The minimum absolute atomic E-state index is 0.101. The lowest BCUT2D eigenvalue weighted by Crippen LogP contribution is -2.14. The van der Waals surface area contributed by atoms with E-state index in [1.165, 1.54) is 24.8 Å². The van der Waals surface area contributed by atoms with Crippen LogP contribution < -0.4 is 10.6 Å². The van der Waals surface area contributed by atoms with Gasteiger partial charge in [-0.25, -0.2) is 15.0 Å². The number of alkyl halides is 3. The number of rotatable bonds is 5. The molecule has 0 radical (unpaired) electrons. The number of halogens is 3. The first-order valence-electron chi connectivity index (χ1n) is 9.92. The quantitative estimate of drug-likeness (QED) is 0.306. The average Bonchev–Trinajstić information content (AvgIpc) is 2.81. The fourth-order valence-corrected chi connectivity index (χ4v) is 3.32. The number of nitrogens with one attached hydrogen (secondary N) is 3. The molecule has 0 spiro atoms. The zero-order chi connectivity index (χ0) is 24.3. The molecule has 11 heteroatoms. The van der Waals surface area contributed by atoms with Crippen LogP contribution in [0.15, 0.2) is 67.4 Å². The third-order valence-electron chi connectivity index (χ3n) is 4.88. The van der Waals surface area contributed by atoms with Crippen LogP contribution in [0.5, 0.6) is 0 Å². The van der Waals surface area contributed by atoms with E-state index in [0.29, 0.717) is 33.1 Å². The van der Waals surface area contributed by atoms with E-state index in [2.05, 4.69) is 30.6 Å². The number of hydrogen-bond acceptors (Lipinski definition) is 6. The summed E-state index contributed by atoms with van der Waals surface area (Å²) < 4.78 is 39.3. The van der Waals surface area contributed by atoms with Crippen LogP contribution in [0.1, 0.15) is 21.5 Å². The first-order valence-corrected chi connectivity index (χ1v) is 10.3. The minimum atomic E-state index is -4.54. The zero-order valence-electron chi connectivity index (χ0n) is 17.6. The van der Waals surface area contributed by atoms with Crippen LogP contribution in [0, 0.1) is 11.6 Å². The van der Waals surface area contributed by atoms with Gasteiger partial charge in [0.2, 0.25) is 0 Å². The van der Waals surface area contributed by atoms with Crippen molar-refractivity contribution in [3.05, 3.63) is 88.7 Å². The van der Waals surface area contributed by atoms with Crippen molar-refractivity contribution in [2.75, 3.05) is 10.6 Å². The summed E-state index contributed by atoms with van der Waals surface area (Å²) in [6.07, 6.45) is -0.0604. The zero-order valence-corrected chi connectivity index (χ0v) is 18.5. The summed E-state index contributed by atoms with van der Waals surface area (Å²) in [6, 6.07) is 11.0. The van der Waals surface area contributed by atoms with Crippen LogP contribution in [-0.4, -0.2) is 25.8 Å². The fourth-order valence-electron chi connectivity index (χ4n) is 3.15. The van der Waals surface area contributed by atoms with Crippen LogP contribution in [0.25, 0.3) is 11.3 Å². The van der Waals surface area contributed by atoms with Gasteiger partial charge in [0, 0.05) is 23.1 Å². The molecule has 0 saturated carbocycles. The maximum absolute atomic E-state index is 13.0. The summed E-state index contributed by atoms with van der Waals surface area (Å²) in [5.74, 6) is -0.177. The highest BCUT2D eigenvalue weighted by Gasteiger charge is 2.30. The number of H-pyrrole nitrogens is 1. The Bertz CT molecular complexity index is 1420. The second-order valence-corrected chi connectivity index (χ2v) is 7.69. The van der Waals surface area contributed by atoms with Gasteiger partial charge < -0.3 is 15.6 Å². The number of amides is 1. The molecular weight excluding hydrogens is 465 g/mol. The Morgan fingerprint density at radius 1 is 1.09 bits per heavy atom. The monoisotopic (exact) mass is 482 g/mol. The molecule has 0 fully saturated rings. The molecule has 0 unspecified atom stereocenters. The predicted octanol–water partition coefficient (Wildman–Crippen LogP) is 5.92. The third-order valence-corrected chi connectivity index (χ3v) is 5.11. The van der Waals surface area contributed by atoms with Crippen molar-refractivity contribution in [1.29, 1.82) is 0 Å². The van der Waals surface area contributed by atoms with Gasteiger partial charge in [0.25, 0.3) is 5.91 Å². The summed E-state index contributed by atoms with van der Waals surface area (Å²) >= 11 is 5.12. The molecule has 0 aliphatic heterocycles. The van der Waals surface area contributed by atoms with Gasteiger partial charge in [-0.1, -0.05) is 24.4 Å². The van der Waals surface area contributed by atoms with Gasteiger partial charge in [-0.2, -0.15) is 13.2 Å². The van der Waals surface area contributed by atoms with Crippen molar-refractivity contribution in [2.24, 2.45) is 0 Å². The molecule has 34 heavy (non-hydrogen) atoms. The number of aromatic nitrogens is 4. The second-order valence-electron chi connectivity index (χ2n) is 7.27. The molecule has 1 amide bonds. The van der Waals surface area contributed by atoms with E-state index in [9.17, 15) is 18.0 Å². The number of benzene rings is 2.